The van der Waals surface area contributed by atoms with Crippen molar-refractivity contribution in [2.24, 2.45) is 0 Å². The number of Topliss-reactive ketones (excluding diaryl/α,β-unsaturated/α-hetero) is 1. The Bertz CT molecular complexity index is 965. The lowest BCUT2D eigenvalue weighted by Gasteiger charge is -2.08. The Morgan fingerprint density at radius 2 is 1.76 bits per heavy atom. The first-order valence-electron chi connectivity index (χ1n) is 7.34. The van der Waals surface area contributed by atoms with Gasteiger partial charge in [-0.15, -0.1) is 11.3 Å². The Morgan fingerprint density at radius 1 is 1.04 bits per heavy atom. The van der Waals surface area contributed by atoms with Crippen LogP contribution in [0, 0.1) is 0 Å². The Morgan fingerprint density at radius 3 is 2.32 bits per heavy atom. The van der Waals surface area contributed by atoms with E-state index in [1.165, 1.54) is 13.1 Å². The minimum atomic E-state index is -3.58. The van der Waals surface area contributed by atoms with Crippen molar-refractivity contribution in [2.75, 3.05) is 10.0 Å². The molecule has 0 aliphatic rings. The van der Waals surface area contributed by atoms with Crippen molar-refractivity contribution in [1.29, 1.82) is 0 Å². The number of anilines is 3. The Kier molecular flexibility index (Phi) is 4.82. The average Bonchev–Trinajstić information content (AvgIpc) is 3.12. The van der Waals surface area contributed by atoms with Gasteiger partial charge in [0.2, 0.25) is 0 Å². The molecule has 25 heavy (non-hydrogen) atoms. The highest BCUT2D eigenvalue weighted by molar-refractivity contribution is 7.94. The van der Waals surface area contributed by atoms with Gasteiger partial charge >= 0.3 is 0 Å². The molecule has 2 aromatic heterocycles. The lowest BCUT2D eigenvalue weighted by Crippen LogP contribution is -2.11. The first-order chi connectivity index (χ1) is 11.9. The number of sulfonamides is 1. The highest BCUT2D eigenvalue weighted by Crippen LogP contribution is 2.21. The van der Waals surface area contributed by atoms with E-state index in [2.05, 4.69) is 15.0 Å². The molecule has 8 heteroatoms. The van der Waals surface area contributed by atoms with Crippen LogP contribution in [0.5, 0.6) is 0 Å². The molecule has 2 N–H and O–H groups in total. The highest BCUT2D eigenvalue weighted by atomic mass is 32.2. The van der Waals surface area contributed by atoms with Crippen molar-refractivity contribution in [3.63, 3.8) is 0 Å². The van der Waals surface area contributed by atoms with Crippen molar-refractivity contribution < 1.29 is 13.2 Å². The topological polar surface area (TPSA) is 88.2 Å². The Labute approximate surface area is 149 Å². The third-order valence-electron chi connectivity index (χ3n) is 3.34. The van der Waals surface area contributed by atoms with E-state index >= 15 is 0 Å². The average molecular weight is 373 g/mol. The molecular weight excluding hydrogens is 358 g/mol. The summed E-state index contributed by atoms with van der Waals surface area (Å²) in [4.78, 5) is 15.5. The van der Waals surface area contributed by atoms with Crippen LogP contribution in [0.25, 0.3) is 0 Å². The first kappa shape index (κ1) is 17.1. The van der Waals surface area contributed by atoms with Crippen molar-refractivity contribution in [1.82, 2.24) is 4.98 Å². The van der Waals surface area contributed by atoms with E-state index < -0.39 is 10.0 Å². The van der Waals surface area contributed by atoms with Crippen LogP contribution in [0.4, 0.5) is 17.2 Å². The molecule has 0 bridgehead atoms. The second-order valence-electron chi connectivity index (χ2n) is 5.23. The van der Waals surface area contributed by atoms with Crippen LogP contribution < -0.4 is 10.0 Å². The Balaban J connectivity index is 1.69. The number of nitrogens with one attached hydrogen (secondary N) is 2. The van der Waals surface area contributed by atoms with Crippen molar-refractivity contribution in [3.8, 4) is 0 Å². The third-order valence-corrected chi connectivity index (χ3v) is 6.12. The lowest BCUT2D eigenvalue weighted by atomic mass is 10.1. The predicted octanol–water partition coefficient (Wildman–Crippen LogP) is 3.89. The van der Waals surface area contributed by atoms with Crippen LogP contribution >= 0.6 is 11.3 Å². The summed E-state index contributed by atoms with van der Waals surface area (Å²) >= 11 is 1.15. The van der Waals surface area contributed by atoms with Gasteiger partial charge in [0.25, 0.3) is 10.0 Å². The van der Waals surface area contributed by atoms with Crippen LogP contribution in [-0.4, -0.2) is 19.2 Å². The fraction of sp³-hybridized carbons (Fsp3) is 0.0588. The van der Waals surface area contributed by atoms with E-state index in [-0.39, 0.29) is 9.99 Å². The number of hydrogen-bond donors (Lipinski definition) is 2. The SMILES string of the molecule is CC(=O)c1ccc(Nc2ccc(NS(=O)(=O)c3cccs3)cn2)cc1. The van der Waals surface area contributed by atoms with E-state index in [1.807, 2.05) is 0 Å². The number of ketones is 1. The molecule has 0 radical (unpaired) electrons. The molecule has 1 aromatic carbocycles. The normalized spacial score (nSPS) is 11.1. The van der Waals surface area contributed by atoms with Crippen molar-refractivity contribution >= 4 is 44.3 Å². The number of pyridine rings is 1. The van der Waals surface area contributed by atoms with Gasteiger partial charge in [0.1, 0.15) is 10.0 Å². The molecular formula is C17H15N3O3S2. The Hall–Kier alpha value is -2.71. The van der Waals surface area contributed by atoms with Crippen LogP contribution in [0.1, 0.15) is 17.3 Å². The number of nitrogens with zero attached hydrogens (tertiary/aromatic N) is 1. The molecule has 0 aliphatic carbocycles. The number of carbonyl (C=O) groups is 1. The van der Waals surface area contributed by atoms with Gasteiger partial charge in [0.15, 0.2) is 5.78 Å². The third kappa shape index (κ3) is 4.23. The maximum absolute atomic E-state index is 12.2. The minimum Gasteiger partial charge on any atom is -0.340 e. The van der Waals surface area contributed by atoms with E-state index in [9.17, 15) is 13.2 Å². The molecule has 0 aliphatic heterocycles. The molecule has 0 saturated carbocycles. The lowest BCUT2D eigenvalue weighted by molar-refractivity contribution is 0.101. The number of hydrogen-bond acceptors (Lipinski definition) is 6. The molecule has 3 rings (SSSR count). The van der Waals surface area contributed by atoms with Gasteiger partial charge in [-0.05, 0) is 54.8 Å². The van der Waals surface area contributed by atoms with Gasteiger partial charge in [-0.3, -0.25) is 9.52 Å². The number of aromatic nitrogens is 1. The van der Waals surface area contributed by atoms with Crippen LogP contribution in [-0.2, 0) is 10.0 Å². The molecule has 0 spiro atoms. The number of rotatable bonds is 6. The molecule has 0 atom stereocenters. The van der Waals surface area contributed by atoms with Gasteiger partial charge in [-0.25, -0.2) is 13.4 Å². The van der Waals surface area contributed by atoms with Gasteiger partial charge in [-0.1, -0.05) is 6.07 Å². The second-order valence-corrected chi connectivity index (χ2v) is 8.09. The summed E-state index contributed by atoms with van der Waals surface area (Å²) in [5, 5.41) is 4.80. The van der Waals surface area contributed by atoms with E-state index in [1.54, 1.807) is 53.9 Å². The fourth-order valence-electron chi connectivity index (χ4n) is 2.09. The summed E-state index contributed by atoms with van der Waals surface area (Å²) in [6.07, 6.45) is 1.44. The predicted molar refractivity (Wildman–Crippen MR) is 99.1 cm³/mol. The highest BCUT2D eigenvalue weighted by Gasteiger charge is 2.15. The van der Waals surface area contributed by atoms with Crippen molar-refractivity contribution in [2.45, 2.75) is 11.1 Å². The monoisotopic (exact) mass is 373 g/mol. The summed E-state index contributed by atoms with van der Waals surface area (Å²) in [7, 11) is -3.58. The smallest absolute Gasteiger partial charge is 0.271 e. The molecule has 6 nitrogen and oxygen atoms in total. The van der Waals surface area contributed by atoms with Gasteiger partial charge < -0.3 is 5.32 Å². The summed E-state index contributed by atoms with van der Waals surface area (Å²) in [6, 6.07) is 13.6. The maximum Gasteiger partial charge on any atom is 0.271 e. The van der Waals surface area contributed by atoms with Gasteiger partial charge in [-0.2, -0.15) is 0 Å². The number of benzene rings is 1. The summed E-state index contributed by atoms with van der Waals surface area (Å²) in [5.41, 5.74) is 1.80. The zero-order valence-corrected chi connectivity index (χ0v) is 14.9. The van der Waals surface area contributed by atoms with Gasteiger partial charge in [0.05, 0.1) is 11.9 Å². The largest absolute Gasteiger partial charge is 0.340 e. The molecule has 0 fully saturated rings. The molecule has 0 amide bonds. The summed E-state index contributed by atoms with van der Waals surface area (Å²) < 4.78 is 27.0. The minimum absolute atomic E-state index is 0.00653. The second kappa shape index (κ2) is 7.04. The first-order valence-corrected chi connectivity index (χ1v) is 9.71. The van der Waals surface area contributed by atoms with E-state index in [0.717, 1.165) is 17.0 Å². The standard InChI is InChI=1S/C17H15N3O3S2/c1-12(21)13-4-6-14(7-5-13)19-16-9-8-15(11-18-16)20-25(22,23)17-3-2-10-24-17/h2-11,20H,1H3,(H,18,19). The van der Waals surface area contributed by atoms with Crippen LogP contribution in [0.3, 0.4) is 0 Å². The van der Waals surface area contributed by atoms with E-state index in [0.29, 0.717) is 17.1 Å². The zero-order chi connectivity index (χ0) is 17.9. The summed E-state index contributed by atoms with van der Waals surface area (Å²) in [5.74, 6) is 0.571. The molecule has 0 unspecified atom stereocenters. The summed E-state index contributed by atoms with van der Waals surface area (Å²) in [6.45, 7) is 1.51. The molecule has 3 aromatic rings. The van der Waals surface area contributed by atoms with Crippen LogP contribution in [0.15, 0.2) is 64.3 Å². The maximum atomic E-state index is 12.2. The molecule has 0 saturated heterocycles. The van der Waals surface area contributed by atoms with Crippen molar-refractivity contribution in [3.05, 3.63) is 65.7 Å². The van der Waals surface area contributed by atoms with E-state index in [4.69, 9.17) is 0 Å². The van der Waals surface area contributed by atoms with Gasteiger partial charge in [0, 0.05) is 11.3 Å². The molecule has 2 heterocycles. The zero-order valence-electron chi connectivity index (χ0n) is 13.3. The molecule has 128 valence electrons. The number of carbonyl (C=O) groups excluding carboxylic acids is 1. The van der Waals surface area contributed by atoms with Crippen LogP contribution in [0.2, 0.25) is 0 Å². The quantitative estimate of drug-likeness (QED) is 0.640. The number of thiophene rings is 1. The fourth-order valence-corrected chi connectivity index (χ4v) is 4.12.